The lowest BCUT2D eigenvalue weighted by Gasteiger charge is -2.43. The maximum atomic E-state index is 12.9. The highest BCUT2D eigenvalue weighted by Gasteiger charge is 2.46. The van der Waals surface area contributed by atoms with Crippen molar-refractivity contribution in [3.63, 3.8) is 0 Å². The Bertz CT molecular complexity index is 515. The van der Waals surface area contributed by atoms with Crippen LogP contribution in [0.15, 0.2) is 0 Å². The number of nitrogens with one attached hydrogen (secondary N) is 2. The van der Waals surface area contributed by atoms with Gasteiger partial charge in [0, 0.05) is 0 Å². The smallest absolute Gasteiger partial charge is 0.237 e. The maximum Gasteiger partial charge on any atom is 0.237 e. The zero-order chi connectivity index (χ0) is 21.6. The van der Waals surface area contributed by atoms with Crippen LogP contribution in [0.2, 0.25) is 0 Å². The molecule has 29 heavy (non-hydrogen) atoms. The monoisotopic (exact) mass is 438 g/mol. The average Bonchev–Trinajstić information content (AvgIpc) is 2.93. The van der Waals surface area contributed by atoms with Crippen molar-refractivity contribution in [1.29, 1.82) is 0 Å². The first-order valence-electron chi connectivity index (χ1n) is 10.7. The molecule has 2 saturated heterocycles. The van der Waals surface area contributed by atoms with Crippen molar-refractivity contribution < 1.29 is 29.2 Å². The summed E-state index contributed by atoms with van der Waals surface area (Å²) in [6, 6.07) is -1.11. The quantitative estimate of drug-likeness (QED) is 0.284. The fourth-order valence-electron chi connectivity index (χ4n) is 4.25. The summed E-state index contributed by atoms with van der Waals surface area (Å²) >= 11 is 6.28. The predicted octanol–water partition coefficient (Wildman–Crippen LogP) is 0.867. The fourth-order valence-corrected chi connectivity index (χ4v) is 4.46. The highest BCUT2D eigenvalue weighted by Crippen LogP contribution is 2.26. The van der Waals surface area contributed by atoms with Crippen LogP contribution in [0.5, 0.6) is 0 Å². The van der Waals surface area contributed by atoms with E-state index in [4.69, 9.17) is 16.3 Å². The predicted molar refractivity (Wildman–Crippen MR) is 109 cm³/mol. The van der Waals surface area contributed by atoms with Gasteiger partial charge in [0.25, 0.3) is 0 Å². The summed E-state index contributed by atoms with van der Waals surface area (Å²) in [6.45, 7) is 3.71. The van der Waals surface area contributed by atoms with E-state index in [1.54, 1.807) is 13.8 Å². The molecule has 2 aliphatic heterocycles. The molecule has 2 rings (SSSR count). The summed E-state index contributed by atoms with van der Waals surface area (Å²) in [4.78, 5) is 12.9. The van der Waals surface area contributed by atoms with Crippen molar-refractivity contribution >= 4 is 17.5 Å². The van der Waals surface area contributed by atoms with Gasteiger partial charge in [-0.05, 0) is 52.0 Å². The molecule has 0 radical (unpaired) electrons. The van der Waals surface area contributed by atoms with Crippen LogP contribution >= 0.6 is 11.6 Å². The van der Waals surface area contributed by atoms with Crippen molar-refractivity contribution in [2.24, 2.45) is 5.92 Å². The fraction of sp³-hybridized carbons (Fsp3) is 0.950. The lowest BCUT2D eigenvalue weighted by molar-refractivity contribution is -0.223. The van der Waals surface area contributed by atoms with Crippen LogP contribution in [0.3, 0.4) is 0 Å². The molecule has 2 fully saturated rings. The molecule has 0 saturated carbocycles. The number of rotatable bonds is 8. The van der Waals surface area contributed by atoms with Gasteiger partial charge in [0.1, 0.15) is 24.4 Å². The highest BCUT2D eigenvalue weighted by molar-refractivity contribution is 6.21. The zero-order valence-corrected chi connectivity index (χ0v) is 18.0. The molecule has 9 atom stereocenters. The molecule has 0 aromatic heterocycles. The Kier molecular flexibility index (Phi) is 10.0. The number of ether oxygens (including phenoxy) is 1. The zero-order valence-electron chi connectivity index (χ0n) is 17.3. The largest absolute Gasteiger partial charge is 0.388 e. The Labute approximate surface area is 177 Å². The molecule has 7 nitrogen and oxygen atoms in total. The van der Waals surface area contributed by atoms with Gasteiger partial charge in [-0.1, -0.05) is 12.8 Å². The summed E-state index contributed by atoms with van der Waals surface area (Å²) in [6.07, 6.45) is -0.633. The van der Waals surface area contributed by atoms with Gasteiger partial charge in [-0.25, -0.2) is 0 Å². The van der Waals surface area contributed by atoms with Crippen LogP contribution in [-0.2, 0) is 9.53 Å². The topological polar surface area (TPSA) is 111 Å². The van der Waals surface area contributed by atoms with Gasteiger partial charge in [0.15, 0.2) is 0 Å². The summed E-state index contributed by atoms with van der Waals surface area (Å²) in [7, 11) is 0. The van der Waals surface area contributed by atoms with Crippen LogP contribution in [0, 0.1) is 5.92 Å². The molecular formula is C20H36ClFN2O5. The van der Waals surface area contributed by atoms with Crippen molar-refractivity contribution in [2.45, 2.75) is 100 Å². The van der Waals surface area contributed by atoms with Crippen LogP contribution in [0.1, 0.15) is 52.4 Å². The first kappa shape index (κ1) is 24.8. The molecule has 5 N–H and O–H groups in total. The van der Waals surface area contributed by atoms with Gasteiger partial charge in [-0.15, -0.1) is 11.6 Å². The van der Waals surface area contributed by atoms with E-state index in [9.17, 15) is 24.5 Å². The van der Waals surface area contributed by atoms with Crippen molar-refractivity contribution in [3.05, 3.63) is 0 Å². The number of aliphatic hydroxyl groups excluding tert-OH is 3. The SMILES string of the molecule is C[C@H](Cl)[C@@H](NC(=O)[C@@H]1CC[C@H](CCCCF)CCN1)[C@H]1O[C@H](C)[C@H](O)[C@@H](O)[C@H]1O. The molecule has 0 aromatic rings. The van der Waals surface area contributed by atoms with Gasteiger partial charge >= 0.3 is 0 Å². The molecule has 2 heterocycles. The number of halogens is 2. The summed E-state index contributed by atoms with van der Waals surface area (Å²) < 4.78 is 18.0. The normalized spacial score (nSPS) is 38.1. The van der Waals surface area contributed by atoms with E-state index in [0.717, 1.165) is 25.7 Å². The number of hydrogen-bond acceptors (Lipinski definition) is 6. The maximum absolute atomic E-state index is 12.9. The van der Waals surface area contributed by atoms with E-state index in [2.05, 4.69) is 10.6 Å². The molecule has 0 spiro atoms. The number of aliphatic hydroxyl groups is 3. The Morgan fingerprint density at radius 3 is 2.59 bits per heavy atom. The highest BCUT2D eigenvalue weighted by atomic mass is 35.5. The number of hydrogen-bond donors (Lipinski definition) is 5. The third kappa shape index (κ3) is 6.74. The molecule has 0 aromatic carbocycles. The Balaban J connectivity index is 1.95. The lowest BCUT2D eigenvalue weighted by Crippen LogP contribution is -2.65. The Morgan fingerprint density at radius 1 is 1.21 bits per heavy atom. The van der Waals surface area contributed by atoms with Gasteiger partial charge in [-0.2, -0.15) is 0 Å². The number of carbonyl (C=O) groups is 1. The first-order chi connectivity index (χ1) is 13.8. The minimum atomic E-state index is -1.38. The standard InChI is InChI=1S/C20H36ClFN2O5/c1-11(21)15(19-18(27)17(26)16(25)12(2)29-19)24-20(28)14-7-6-13(8-10-23-14)5-3-4-9-22/h11-19,23,25-27H,3-10H2,1-2H3,(H,24,28)/t11-,12+,13-,14-,15+,16-,17+,18+,19+/m0/s1. The van der Waals surface area contributed by atoms with Gasteiger partial charge in [-0.3, -0.25) is 9.18 Å². The number of unbranched alkanes of at least 4 members (excludes halogenated alkanes) is 1. The van der Waals surface area contributed by atoms with E-state index in [-0.39, 0.29) is 18.6 Å². The van der Waals surface area contributed by atoms with Gasteiger partial charge in [0.05, 0.1) is 30.2 Å². The third-order valence-electron chi connectivity index (χ3n) is 6.17. The van der Waals surface area contributed by atoms with Crippen molar-refractivity contribution in [1.82, 2.24) is 10.6 Å². The van der Waals surface area contributed by atoms with Crippen LogP contribution in [0.4, 0.5) is 4.39 Å². The number of carbonyl (C=O) groups excluding carboxylic acids is 1. The Morgan fingerprint density at radius 2 is 1.93 bits per heavy atom. The van der Waals surface area contributed by atoms with Crippen LogP contribution in [0.25, 0.3) is 0 Å². The van der Waals surface area contributed by atoms with E-state index < -0.39 is 41.9 Å². The molecular weight excluding hydrogens is 403 g/mol. The molecule has 1 amide bonds. The lowest BCUT2D eigenvalue weighted by atomic mass is 9.90. The van der Waals surface area contributed by atoms with Crippen molar-refractivity contribution in [2.75, 3.05) is 13.2 Å². The van der Waals surface area contributed by atoms with E-state index >= 15 is 0 Å². The Hall–Kier alpha value is -0.510. The van der Waals surface area contributed by atoms with Crippen LogP contribution < -0.4 is 10.6 Å². The first-order valence-corrected chi connectivity index (χ1v) is 11.1. The molecule has 0 aliphatic carbocycles. The van der Waals surface area contributed by atoms with Gasteiger partial charge in [0.2, 0.25) is 5.91 Å². The van der Waals surface area contributed by atoms with E-state index in [1.807, 2.05) is 0 Å². The summed E-state index contributed by atoms with van der Waals surface area (Å²) in [5.41, 5.74) is 0. The second-order valence-electron chi connectivity index (χ2n) is 8.41. The van der Waals surface area contributed by atoms with Crippen molar-refractivity contribution in [3.8, 4) is 0 Å². The summed E-state index contributed by atoms with van der Waals surface area (Å²) in [5, 5.41) is 35.9. The third-order valence-corrected chi connectivity index (χ3v) is 6.44. The van der Waals surface area contributed by atoms with E-state index in [1.165, 1.54) is 0 Å². The number of alkyl halides is 2. The number of amides is 1. The molecule has 2 aliphatic rings. The van der Waals surface area contributed by atoms with Gasteiger partial charge < -0.3 is 30.7 Å². The molecule has 170 valence electrons. The summed E-state index contributed by atoms with van der Waals surface area (Å²) in [5.74, 6) is 0.256. The molecule has 0 bridgehead atoms. The minimum Gasteiger partial charge on any atom is -0.388 e. The second-order valence-corrected chi connectivity index (χ2v) is 9.10. The molecule has 0 unspecified atom stereocenters. The minimum absolute atomic E-state index is 0.226. The molecule has 9 heteroatoms. The second kappa shape index (κ2) is 11.8. The average molecular weight is 439 g/mol. The van der Waals surface area contributed by atoms with E-state index in [0.29, 0.717) is 25.3 Å². The van der Waals surface area contributed by atoms with Crippen LogP contribution in [-0.4, -0.2) is 82.4 Å².